The van der Waals surface area contributed by atoms with Gasteiger partial charge in [-0.2, -0.15) is 0 Å². The quantitative estimate of drug-likeness (QED) is 0.258. The molecule has 3 aliphatic carbocycles. The third-order valence-corrected chi connectivity index (χ3v) is 9.71. The molecule has 5 rings (SSSR count). The van der Waals surface area contributed by atoms with E-state index >= 15 is 8.78 Å². The minimum atomic E-state index is -2.08. The summed E-state index contributed by atoms with van der Waals surface area (Å²) in [5, 5.41) is 0.682. The fraction of sp³-hybridized carbons (Fsp3) is 0.516. The Hall–Kier alpha value is -2.54. The molecule has 3 nitrogen and oxygen atoms in total. The van der Waals surface area contributed by atoms with E-state index < -0.39 is 29.7 Å². The molecule has 204 valence electrons. The molecule has 1 heterocycles. The van der Waals surface area contributed by atoms with Gasteiger partial charge in [-0.25, -0.2) is 13.2 Å². The molecule has 2 aromatic rings. The number of halogens is 3. The van der Waals surface area contributed by atoms with Gasteiger partial charge in [0, 0.05) is 6.07 Å². The van der Waals surface area contributed by atoms with E-state index in [4.69, 9.17) is 9.47 Å². The molecular formula is C31H35F3O3S. The minimum absolute atomic E-state index is 0.0210. The van der Waals surface area contributed by atoms with Gasteiger partial charge in [0.15, 0.2) is 22.8 Å². The van der Waals surface area contributed by atoms with Crippen molar-refractivity contribution in [2.75, 3.05) is 6.61 Å². The van der Waals surface area contributed by atoms with E-state index in [0.717, 1.165) is 42.9 Å². The number of thiophene rings is 1. The summed E-state index contributed by atoms with van der Waals surface area (Å²) in [4.78, 5) is 12.8. The van der Waals surface area contributed by atoms with Gasteiger partial charge in [-0.05, 0) is 105 Å². The maximum atomic E-state index is 15.2. The lowest BCUT2D eigenvalue weighted by molar-refractivity contribution is -0.138. The summed E-state index contributed by atoms with van der Waals surface area (Å²) in [6.07, 6.45) is 11.7. The maximum absolute atomic E-state index is 15.2. The van der Waals surface area contributed by atoms with Crippen LogP contribution in [-0.4, -0.2) is 18.7 Å². The van der Waals surface area contributed by atoms with E-state index in [1.54, 1.807) is 19.1 Å². The number of esters is 1. The number of alkyl halides is 1. The average Bonchev–Trinajstić information content (AvgIpc) is 3.35. The van der Waals surface area contributed by atoms with Crippen LogP contribution in [0.2, 0.25) is 0 Å². The highest BCUT2D eigenvalue weighted by molar-refractivity contribution is 7.20. The number of fused-ring (bicyclic) bond motifs is 1. The molecule has 0 aliphatic heterocycles. The van der Waals surface area contributed by atoms with Crippen molar-refractivity contribution in [3.63, 3.8) is 0 Å². The van der Waals surface area contributed by atoms with Crippen molar-refractivity contribution in [3.05, 3.63) is 60.2 Å². The Bertz CT molecular complexity index is 1230. The molecule has 0 saturated heterocycles. The fourth-order valence-corrected chi connectivity index (χ4v) is 7.44. The molecule has 0 radical (unpaired) electrons. The summed E-state index contributed by atoms with van der Waals surface area (Å²) in [5.74, 6) is -1.52. The molecule has 7 heteroatoms. The standard InChI is InChI=1S/C31H35F3O3S/c1-3-18-5-7-19(8-6-18)20-9-11-21(12-10-20)23-14-15-24(28(33)27(23)32)31(35)37-26-17-22-13-16-25(36-4-2)29(34)30(22)38-26/h3,13-21,24,28H,1,4-12H2,2H3. The number of carbonyl (C=O) groups is 1. The van der Waals surface area contributed by atoms with Crippen molar-refractivity contribution >= 4 is 27.4 Å². The van der Waals surface area contributed by atoms with Crippen LogP contribution in [0.5, 0.6) is 10.8 Å². The summed E-state index contributed by atoms with van der Waals surface area (Å²) in [6, 6.07) is 4.71. The topological polar surface area (TPSA) is 35.5 Å². The lowest BCUT2D eigenvalue weighted by Crippen LogP contribution is -2.32. The van der Waals surface area contributed by atoms with Crippen molar-refractivity contribution in [3.8, 4) is 10.8 Å². The number of ether oxygens (including phenoxy) is 2. The molecule has 3 aliphatic rings. The highest BCUT2D eigenvalue weighted by Crippen LogP contribution is 2.45. The number of benzene rings is 1. The monoisotopic (exact) mass is 544 g/mol. The zero-order valence-corrected chi connectivity index (χ0v) is 22.6. The number of rotatable bonds is 7. The Labute approximate surface area is 226 Å². The van der Waals surface area contributed by atoms with E-state index in [-0.39, 0.29) is 21.4 Å². The summed E-state index contributed by atoms with van der Waals surface area (Å²) < 4.78 is 56.0. The van der Waals surface area contributed by atoms with E-state index in [1.807, 2.05) is 0 Å². The third kappa shape index (κ3) is 5.45. The molecule has 38 heavy (non-hydrogen) atoms. The molecule has 2 atom stereocenters. The molecule has 0 amide bonds. The highest BCUT2D eigenvalue weighted by Gasteiger charge is 2.39. The Balaban J connectivity index is 1.19. The molecule has 2 saturated carbocycles. The van der Waals surface area contributed by atoms with Crippen LogP contribution in [0.25, 0.3) is 10.1 Å². The molecule has 0 bridgehead atoms. The maximum Gasteiger partial charge on any atom is 0.322 e. The number of allylic oxidation sites excluding steroid dienone is 4. The van der Waals surface area contributed by atoms with Crippen molar-refractivity contribution in [2.24, 2.45) is 29.6 Å². The van der Waals surface area contributed by atoms with Gasteiger partial charge in [-0.1, -0.05) is 29.6 Å². The van der Waals surface area contributed by atoms with E-state index in [0.29, 0.717) is 29.4 Å². The second-order valence-electron chi connectivity index (χ2n) is 10.8. The van der Waals surface area contributed by atoms with Gasteiger partial charge >= 0.3 is 5.97 Å². The van der Waals surface area contributed by atoms with Crippen molar-refractivity contribution in [1.82, 2.24) is 0 Å². The van der Waals surface area contributed by atoms with E-state index in [2.05, 4.69) is 12.7 Å². The van der Waals surface area contributed by atoms with Gasteiger partial charge < -0.3 is 9.47 Å². The molecular weight excluding hydrogens is 509 g/mol. The molecule has 2 fully saturated rings. The second-order valence-corrected chi connectivity index (χ2v) is 11.8. The van der Waals surface area contributed by atoms with Crippen molar-refractivity contribution < 1.29 is 27.4 Å². The Morgan fingerprint density at radius 1 is 1.08 bits per heavy atom. The van der Waals surface area contributed by atoms with Crippen LogP contribution in [0.4, 0.5) is 13.2 Å². The first-order valence-corrected chi connectivity index (χ1v) is 14.6. The summed E-state index contributed by atoms with van der Waals surface area (Å²) in [7, 11) is 0. The van der Waals surface area contributed by atoms with Crippen LogP contribution in [0.3, 0.4) is 0 Å². The SMILES string of the molecule is C=CC1CCC(C2CCC(C3=C(F)C(F)C(C(=O)Oc4cc5ccc(OCC)c(F)c5s4)C=C3)CC2)CC1. The smallest absolute Gasteiger partial charge is 0.322 e. The summed E-state index contributed by atoms with van der Waals surface area (Å²) >= 11 is 0.939. The fourth-order valence-electron chi connectivity index (χ4n) is 6.50. The van der Waals surface area contributed by atoms with Gasteiger partial charge in [-0.3, -0.25) is 4.79 Å². The summed E-state index contributed by atoms with van der Waals surface area (Å²) in [5.41, 5.74) is 0.391. The summed E-state index contributed by atoms with van der Waals surface area (Å²) in [6.45, 7) is 6.01. The molecule has 0 N–H and O–H groups in total. The zero-order valence-electron chi connectivity index (χ0n) is 21.8. The number of carbonyl (C=O) groups excluding carboxylic acids is 1. The van der Waals surface area contributed by atoms with E-state index in [9.17, 15) is 9.18 Å². The van der Waals surface area contributed by atoms with Crippen LogP contribution in [0.1, 0.15) is 58.3 Å². The lowest BCUT2D eigenvalue weighted by Gasteiger charge is -2.38. The van der Waals surface area contributed by atoms with Crippen LogP contribution in [-0.2, 0) is 4.79 Å². The normalized spacial score (nSPS) is 29.9. The van der Waals surface area contributed by atoms with Crippen LogP contribution in [0, 0.1) is 35.4 Å². The second kappa shape index (κ2) is 11.7. The number of hydrogen-bond donors (Lipinski definition) is 0. The minimum Gasteiger partial charge on any atom is -0.491 e. The highest BCUT2D eigenvalue weighted by atomic mass is 32.1. The molecule has 0 spiro atoms. The zero-order chi connectivity index (χ0) is 26.8. The third-order valence-electron chi connectivity index (χ3n) is 8.69. The largest absolute Gasteiger partial charge is 0.491 e. The Kier molecular flexibility index (Phi) is 8.32. The molecule has 1 aromatic carbocycles. The Morgan fingerprint density at radius 3 is 2.42 bits per heavy atom. The van der Waals surface area contributed by atoms with Crippen molar-refractivity contribution in [2.45, 2.75) is 64.5 Å². The predicted molar refractivity (Wildman–Crippen MR) is 145 cm³/mol. The van der Waals surface area contributed by atoms with Gasteiger partial charge in [0.25, 0.3) is 0 Å². The molecule has 2 unspecified atom stereocenters. The van der Waals surface area contributed by atoms with Crippen LogP contribution >= 0.6 is 11.3 Å². The van der Waals surface area contributed by atoms with Gasteiger partial charge in [-0.15, -0.1) is 6.58 Å². The van der Waals surface area contributed by atoms with Gasteiger partial charge in [0.1, 0.15) is 11.7 Å². The Morgan fingerprint density at radius 2 is 1.76 bits per heavy atom. The van der Waals surface area contributed by atoms with Gasteiger partial charge in [0.2, 0.25) is 0 Å². The first kappa shape index (κ1) is 27.0. The van der Waals surface area contributed by atoms with Crippen molar-refractivity contribution in [1.29, 1.82) is 0 Å². The first-order chi connectivity index (χ1) is 18.4. The van der Waals surface area contributed by atoms with Crippen LogP contribution < -0.4 is 9.47 Å². The number of hydrogen-bond acceptors (Lipinski definition) is 4. The first-order valence-electron chi connectivity index (χ1n) is 13.8. The van der Waals surface area contributed by atoms with Crippen LogP contribution in [0.15, 0.2) is 54.4 Å². The molecule has 1 aromatic heterocycles. The lowest BCUT2D eigenvalue weighted by atomic mass is 9.68. The predicted octanol–water partition coefficient (Wildman–Crippen LogP) is 8.89. The van der Waals surface area contributed by atoms with E-state index in [1.165, 1.54) is 43.9 Å². The van der Waals surface area contributed by atoms with Gasteiger partial charge in [0.05, 0.1) is 11.3 Å². The average molecular weight is 545 g/mol.